The fourth-order valence-electron chi connectivity index (χ4n) is 2.56. The van der Waals surface area contributed by atoms with Crippen LogP contribution < -0.4 is 5.32 Å². The lowest BCUT2D eigenvalue weighted by molar-refractivity contribution is -0.117. The molecule has 3 aromatic heterocycles. The van der Waals surface area contributed by atoms with Crippen LogP contribution >= 0.6 is 11.6 Å². The van der Waals surface area contributed by atoms with E-state index in [0.29, 0.717) is 23.1 Å². The summed E-state index contributed by atoms with van der Waals surface area (Å²) in [6, 6.07) is 1.84. The van der Waals surface area contributed by atoms with E-state index >= 15 is 0 Å². The van der Waals surface area contributed by atoms with E-state index in [1.165, 1.54) is 0 Å². The monoisotopic (exact) mass is 357 g/mol. The summed E-state index contributed by atoms with van der Waals surface area (Å²) in [5.41, 5.74) is 2.53. The van der Waals surface area contributed by atoms with E-state index in [2.05, 4.69) is 39.1 Å². The first kappa shape index (κ1) is 17.4. The van der Waals surface area contributed by atoms with Gasteiger partial charge in [0.25, 0.3) is 0 Å². The number of H-pyrrole nitrogens is 1. The number of aromatic amines is 1. The molecule has 0 aromatic carbocycles. The molecular formula is C18H20ClN5O. The molecule has 0 unspecified atom stereocenters. The molecule has 3 heterocycles. The van der Waals surface area contributed by atoms with Crippen molar-refractivity contribution in [1.82, 2.24) is 19.9 Å². The zero-order chi connectivity index (χ0) is 18.0. The van der Waals surface area contributed by atoms with E-state index < -0.39 is 0 Å². The number of halogens is 1. The van der Waals surface area contributed by atoms with Gasteiger partial charge in [0.1, 0.15) is 11.5 Å². The van der Waals surface area contributed by atoms with Crippen LogP contribution in [-0.2, 0) is 4.79 Å². The normalized spacial score (nSPS) is 11.2. The molecular weight excluding hydrogens is 338 g/mol. The van der Waals surface area contributed by atoms with Gasteiger partial charge in [-0.1, -0.05) is 32.4 Å². The van der Waals surface area contributed by atoms with Crippen molar-refractivity contribution in [2.45, 2.75) is 33.1 Å². The number of Topliss-reactive ketones (excluding diaryl/α,β-unsaturated/α-hetero) is 1. The van der Waals surface area contributed by atoms with Gasteiger partial charge in [-0.2, -0.15) is 0 Å². The summed E-state index contributed by atoms with van der Waals surface area (Å²) in [6.45, 7) is 6.25. The molecule has 2 N–H and O–H groups in total. The quantitative estimate of drug-likeness (QED) is 0.691. The van der Waals surface area contributed by atoms with Crippen molar-refractivity contribution in [2.24, 2.45) is 0 Å². The van der Waals surface area contributed by atoms with Crippen LogP contribution in [0.4, 0.5) is 5.82 Å². The zero-order valence-electron chi connectivity index (χ0n) is 14.4. The third-order valence-electron chi connectivity index (χ3n) is 4.03. The number of nitrogens with zero attached hydrogens (tertiary/aromatic N) is 3. The lowest BCUT2D eigenvalue weighted by atomic mass is 10.1. The van der Waals surface area contributed by atoms with Gasteiger partial charge in [0, 0.05) is 41.5 Å². The molecule has 0 spiro atoms. The lowest BCUT2D eigenvalue weighted by Crippen LogP contribution is -2.15. The van der Waals surface area contributed by atoms with Crippen LogP contribution in [0.2, 0.25) is 5.02 Å². The van der Waals surface area contributed by atoms with E-state index in [0.717, 1.165) is 22.2 Å². The van der Waals surface area contributed by atoms with E-state index in [1.807, 2.05) is 25.4 Å². The molecule has 7 heteroatoms. The van der Waals surface area contributed by atoms with Gasteiger partial charge in [-0.3, -0.25) is 4.79 Å². The Hall–Kier alpha value is -2.47. The molecule has 0 aliphatic carbocycles. The fraction of sp³-hybridized carbons (Fsp3) is 0.333. The lowest BCUT2D eigenvalue weighted by Gasteiger charge is -2.14. The smallest absolute Gasteiger partial charge is 0.163 e. The van der Waals surface area contributed by atoms with Crippen molar-refractivity contribution in [3.63, 3.8) is 0 Å². The first-order valence-electron chi connectivity index (χ1n) is 8.25. The van der Waals surface area contributed by atoms with E-state index in [9.17, 15) is 4.79 Å². The van der Waals surface area contributed by atoms with Crippen LogP contribution in [0.3, 0.4) is 0 Å². The maximum atomic E-state index is 11.7. The van der Waals surface area contributed by atoms with E-state index in [1.54, 1.807) is 6.20 Å². The highest BCUT2D eigenvalue weighted by atomic mass is 35.5. The van der Waals surface area contributed by atoms with Gasteiger partial charge in [-0.05, 0) is 12.0 Å². The number of ketones is 1. The Bertz CT molecular complexity index is 919. The maximum Gasteiger partial charge on any atom is 0.163 e. The second kappa shape index (κ2) is 7.19. The summed E-state index contributed by atoms with van der Waals surface area (Å²) in [5.74, 6) is 1.63. The Morgan fingerprint density at radius 2 is 2.12 bits per heavy atom. The highest BCUT2D eigenvalue weighted by molar-refractivity contribution is 6.31. The third-order valence-corrected chi connectivity index (χ3v) is 4.23. The number of anilines is 1. The van der Waals surface area contributed by atoms with Crippen LogP contribution in [0.1, 0.15) is 38.7 Å². The summed E-state index contributed by atoms with van der Waals surface area (Å²) in [5, 5.41) is 4.57. The summed E-state index contributed by atoms with van der Waals surface area (Å²) in [4.78, 5) is 28.2. The fourth-order valence-corrected chi connectivity index (χ4v) is 2.71. The third kappa shape index (κ3) is 3.64. The molecule has 0 saturated carbocycles. The molecule has 0 aliphatic heterocycles. The Balaban J connectivity index is 2.04. The minimum Gasteiger partial charge on any atom is -0.363 e. The molecule has 0 aliphatic rings. The molecule has 0 saturated heterocycles. The average Bonchev–Trinajstić information content (AvgIpc) is 3.02. The van der Waals surface area contributed by atoms with Crippen LogP contribution in [-0.4, -0.2) is 32.3 Å². The molecule has 0 fully saturated rings. The van der Waals surface area contributed by atoms with Crippen molar-refractivity contribution >= 4 is 34.2 Å². The second-order valence-corrected chi connectivity index (χ2v) is 6.59. The Labute approximate surface area is 151 Å². The molecule has 0 bridgehead atoms. The number of pyridine rings is 1. The summed E-state index contributed by atoms with van der Waals surface area (Å²) in [6.07, 6.45) is 5.71. The van der Waals surface area contributed by atoms with Crippen LogP contribution in [0, 0.1) is 0 Å². The topological polar surface area (TPSA) is 83.6 Å². The van der Waals surface area contributed by atoms with Crippen molar-refractivity contribution in [3.8, 4) is 11.4 Å². The average molecular weight is 358 g/mol. The summed E-state index contributed by atoms with van der Waals surface area (Å²) < 4.78 is 0. The standard InChI is InChI=1S/C18H20ClN5O/c1-4-12(25)7-21-17-14(10(2)3)8-23-18(24-17)15-9-22-16-13(15)5-11(19)6-20-16/h5-6,8-10H,4,7H2,1-3H3,(H,20,22)(H,21,23,24). The molecule has 6 nitrogen and oxygen atoms in total. The Morgan fingerprint density at radius 1 is 1.32 bits per heavy atom. The number of hydrogen-bond acceptors (Lipinski definition) is 5. The minimum absolute atomic E-state index is 0.137. The van der Waals surface area contributed by atoms with Gasteiger partial charge in [0.2, 0.25) is 0 Å². The predicted molar refractivity (Wildman–Crippen MR) is 100 cm³/mol. The largest absolute Gasteiger partial charge is 0.363 e. The van der Waals surface area contributed by atoms with Crippen molar-refractivity contribution in [3.05, 3.63) is 35.2 Å². The minimum atomic E-state index is 0.137. The Kier molecular flexibility index (Phi) is 4.99. The maximum absolute atomic E-state index is 11.7. The second-order valence-electron chi connectivity index (χ2n) is 6.15. The number of fused-ring (bicyclic) bond motifs is 1. The zero-order valence-corrected chi connectivity index (χ0v) is 15.2. The van der Waals surface area contributed by atoms with Gasteiger partial charge >= 0.3 is 0 Å². The van der Waals surface area contributed by atoms with Gasteiger partial charge < -0.3 is 10.3 Å². The summed E-state index contributed by atoms with van der Waals surface area (Å²) >= 11 is 6.07. The summed E-state index contributed by atoms with van der Waals surface area (Å²) in [7, 11) is 0. The number of carbonyl (C=O) groups excluding carboxylic acids is 1. The molecule has 3 rings (SSSR count). The van der Waals surface area contributed by atoms with Crippen molar-refractivity contribution in [1.29, 1.82) is 0 Å². The van der Waals surface area contributed by atoms with Crippen molar-refractivity contribution in [2.75, 3.05) is 11.9 Å². The molecule has 25 heavy (non-hydrogen) atoms. The van der Waals surface area contributed by atoms with Crippen LogP contribution in [0.15, 0.2) is 24.7 Å². The number of aromatic nitrogens is 4. The number of hydrogen-bond donors (Lipinski definition) is 2. The van der Waals surface area contributed by atoms with Gasteiger partial charge in [-0.15, -0.1) is 0 Å². The van der Waals surface area contributed by atoms with Gasteiger partial charge in [0.15, 0.2) is 11.6 Å². The van der Waals surface area contributed by atoms with Crippen molar-refractivity contribution < 1.29 is 4.79 Å². The van der Waals surface area contributed by atoms with E-state index in [-0.39, 0.29) is 18.2 Å². The highest BCUT2D eigenvalue weighted by Gasteiger charge is 2.15. The first-order chi connectivity index (χ1) is 12.0. The number of nitrogens with one attached hydrogen (secondary N) is 2. The molecule has 0 amide bonds. The number of rotatable bonds is 6. The predicted octanol–water partition coefficient (Wildman–Crippen LogP) is 4.19. The van der Waals surface area contributed by atoms with Crippen LogP contribution in [0.25, 0.3) is 22.4 Å². The van der Waals surface area contributed by atoms with Gasteiger partial charge in [0.05, 0.1) is 11.6 Å². The van der Waals surface area contributed by atoms with Crippen LogP contribution in [0.5, 0.6) is 0 Å². The van der Waals surface area contributed by atoms with Gasteiger partial charge in [-0.25, -0.2) is 15.0 Å². The molecule has 0 atom stereocenters. The Morgan fingerprint density at radius 3 is 2.84 bits per heavy atom. The number of carbonyl (C=O) groups is 1. The molecule has 130 valence electrons. The SMILES string of the molecule is CCC(=O)CNc1nc(-c2c[nH]c3ncc(Cl)cc23)ncc1C(C)C. The first-order valence-corrected chi connectivity index (χ1v) is 8.63. The highest BCUT2D eigenvalue weighted by Crippen LogP contribution is 2.30. The molecule has 3 aromatic rings. The van der Waals surface area contributed by atoms with E-state index in [4.69, 9.17) is 11.6 Å². The molecule has 0 radical (unpaired) electrons.